The van der Waals surface area contributed by atoms with Crippen molar-refractivity contribution in [3.8, 4) is 11.1 Å². The minimum Gasteiger partial charge on any atom is -0.459 e. The molecule has 40 heavy (non-hydrogen) atoms. The lowest BCUT2D eigenvalue weighted by molar-refractivity contribution is 0.0217. The molecule has 2 atom stereocenters. The molecular weight excluding hydrogens is 500 g/mol. The van der Waals surface area contributed by atoms with Gasteiger partial charge in [-0.25, -0.2) is 9.59 Å². The zero-order valence-electron chi connectivity index (χ0n) is 25.6. The van der Waals surface area contributed by atoms with Crippen LogP contribution in [0.2, 0.25) is 0 Å². The van der Waals surface area contributed by atoms with Crippen LogP contribution in [0.3, 0.4) is 0 Å². The van der Waals surface area contributed by atoms with Crippen LogP contribution in [0, 0.1) is 0 Å². The molecule has 2 aromatic rings. The van der Waals surface area contributed by atoms with Gasteiger partial charge in [0.25, 0.3) is 0 Å². The summed E-state index contributed by atoms with van der Waals surface area (Å²) in [4.78, 5) is 25.9. The van der Waals surface area contributed by atoms with Gasteiger partial charge in [0.15, 0.2) is 0 Å². The SMILES string of the molecule is CC1(C)CCC(OC(=O)c2ccc(-c3ccc(C(=O)OC4CCC(C)(C)NC(C)(C)C4)cc3)cc2)CC(C)(C)N1. The first-order chi connectivity index (χ1) is 18.5. The lowest BCUT2D eigenvalue weighted by Crippen LogP contribution is -2.51. The van der Waals surface area contributed by atoms with Gasteiger partial charge in [0.05, 0.1) is 11.1 Å². The van der Waals surface area contributed by atoms with Crippen molar-refractivity contribution in [2.45, 2.75) is 128 Å². The first kappa shape index (κ1) is 30.3. The van der Waals surface area contributed by atoms with E-state index in [1.54, 1.807) is 0 Å². The fourth-order valence-electron chi connectivity index (χ4n) is 6.68. The third kappa shape index (κ3) is 8.17. The first-order valence-electron chi connectivity index (χ1n) is 14.7. The van der Waals surface area contributed by atoms with Crippen molar-refractivity contribution in [1.29, 1.82) is 0 Å². The van der Waals surface area contributed by atoms with Crippen LogP contribution in [0.5, 0.6) is 0 Å². The molecule has 0 saturated carbocycles. The summed E-state index contributed by atoms with van der Waals surface area (Å²) in [5, 5.41) is 7.36. The summed E-state index contributed by atoms with van der Waals surface area (Å²) in [5.41, 5.74) is 2.85. The minimum atomic E-state index is -0.287. The highest BCUT2D eigenvalue weighted by molar-refractivity contribution is 5.91. The summed E-state index contributed by atoms with van der Waals surface area (Å²) in [5.74, 6) is -0.573. The van der Waals surface area contributed by atoms with Gasteiger partial charge in [-0.2, -0.15) is 0 Å². The number of hydrogen-bond acceptors (Lipinski definition) is 6. The van der Waals surface area contributed by atoms with Gasteiger partial charge in [0, 0.05) is 35.0 Å². The van der Waals surface area contributed by atoms with E-state index in [-0.39, 0.29) is 46.3 Å². The van der Waals surface area contributed by atoms with Crippen LogP contribution in [-0.4, -0.2) is 46.3 Å². The second-order valence-electron chi connectivity index (χ2n) is 14.5. The third-order valence-corrected chi connectivity index (χ3v) is 8.13. The number of nitrogens with one attached hydrogen (secondary N) is 2. The van der Waals surface area contributed by atoms with Gasteiger partial charge in [0.1, 0.15) is 12.2 Å². The van der Waals surface area contributed by atoms with Crippen molar-refractivity contribution in [3.05, 3.63) is 59.7 Å². The van der Waals surface area contributed by atoms with Crippen LogP contribution in [0.25, 0.3) is 11.1 Å². The van der Waals surface area contributed by atoms with Gasteiger partial charge in [-0.15, -0.1) is 0 Å². The van der Waals surface area contributed by atoms with E-state index in [2.05, 4.69) is 66.0 Å². The van der Waals surface area contributed by atoms with Gasteiger partial charge in [0.2, 0.25) is 0 Å². The second kappa shape index (κ2) is 11.3. The number of benzene rings is 2. The average molecular weight is 549 g/mol. The molecule has 0 radical (unpaired) electrons. The Bertz CT molecular complexity index is 1100. The molecule has 0 spiro atoms. The molecular formula is C34H48N2O4. The van der Waals surface area contributed by atoms with Crippen molar-refractivity contribution < 1.29 is 19.1 Å². The van der Waals surface area contributed by atoms with Gasteiger partial charge in [-0.1, -0.05) is 24.3 Å². The Hall–Kier alpha value is -2.70. The Morgan fingerprint density at radius 1 is 0.575 bits per heavy atom. The van der Waals surface area contributed by atoms with Gasteiger partial charge < -0.3 is 20.1 Å². The maximum atomic E-state index is 12.9. The summed E-state index contributed by atoms with van der Waals surface area (Å²) in [6.07, 6.45) is 4.91. The predicted octanol–water partition coefficient (Wildman–Crippen LogP) is 7.07. The quantitative estimate of drug-likeness (QED) is 0.389. The zero-order valence-corrected chi connectivity index (χ0v) is 25.6. The Balaban J connectivity index is 1.36. The molecule has 0 bridgehead atoms. The van der Waals surface area contributed by atoms with E-state index in [1.807, 2.05) is 48.5 Å². The summed E-state index contributed by atoms with van der Waals surface area (Å²) >= 11 is 0. The van der Waals surface area contributed by atoms with E-state index in [0.29, 0.717) is 11.1 Å². The van der Waals surface area contributed by atoms with Crippen LogP contribution >= 0.6 is 0 Å². The molecule has 2 aromatic carbocycles. The van der Waals surface area contributed by atoms with Gasteiger partial charge in [-0.05, 0) is 116 Å². The third-order valence-electron chi connectivity index (χ3n) is 8.13. The molecule has 2 unspecified atom stereocenters. The van der Waals surface area contributed by atoms with Crippen molar-refractivity contribution in [2.75, 3.05) is 0 Å². The van der Waals surface area contributed by atoms with Crippen molar-refractivity contribution in [2.24, 2.45) is 0 Å². The fraction of sp³-hybridized carbons (Fsp3) is 0.588. The highest BCUT2D eigenvalue weighted by atomic mass is 16.5. The Morgan fingerprint density at radius 2 is 0.900 bits per heavy atom. The molecule has 0 aliphatic carbocycles. The number of carbonyl (C=O) groups excluding carboxylic acids is 2. The molecule has 4 rings (SSSR count). The van der Waals surface area contributed by atoms with Crippen LogP contribution in [-0.2, 0) is 9.47 Å². The van der Waals surface area contributed by atoms with E-state index in [4.69, 9.17) is 9.47 Å². The molecule has 2 aliphatic rings. The van der Waals surface area contributed by atoms with Crippen molar-refractivity contribution in [1.82, 2.24) is 10.6 Å². The van der Waals surface area contributed by atoms with Crippen LogP contribution in [0.1, 0.15) is 115 Å². The Kier molecular flexibility index (Phi) is 8.54. The molecule has 6 heteroatoms. The average Bonchev–Trinajstić information content (AvgIpc) is 3.02. The maximum absolute atomic E-state index is 12.9. The molecule has 2 N–H and O–H groups in total. The Labute approximate surface area is 240 Å². The molecule has 2 saturated heterocycles. The minimum absolute atomic E-state index is 0.0133. The number of rotatable bonds is 5. The number of hydrogen-bond donors (Lipinski definition) is 2. The molecule has 218 valence electrons. The zero-order chi connectivity index (χ0) is 29.3. The van der Waals surface area contributed by atoms with E-state index in [0.717, 1.165) is 49.7 Å². The molecule has 0 aromatic heterocycles. The van der Waals surface area contributed by atoms with Gasteiger partial charge >= 0.3 is 11.9 Å². The topological polar surface area (TPSA) is 76.7 Å². The fourth-order valence-corrected chi connectivity index (χ4v) is 6.68. The summed E-state index contributed by atoms with van der Waals surface area (Å²) in [6.45, 7) is 17.4. The number of carbonyl (C=O) groups is 2. The standard InChI is InChI=1S/C34H48N2O4/c1-31(2)19-17-27(21-33(5,6)35-31)39-29(37)25-13-9-23(10-14-25)24-11-15-26(16-12-24)30(38)40-28-18-20-32(3,4)36-34(7,8)22-28/h9-16,27-28,35-36H,17-22H2,1-8H3. The summed E-state index contributed by atoms with van der Waals surface area (Å²) in [7, 11) is 0. The monoisotopic (exact) mass is 548 g/mol. The maximum Gasteiger partial charge on any atom is 0.338 e. The smallest absolute Gasteiger partial charge is 0.338 e. The van der Waals surface area contributed by atoms with Crippen molar-refractivity contribution >= 4 is 11.9 Å². The summed E-state index contributed by atoms with van der Waals surface area (Å²) in [6, 6.07) is 14.9. The van der Waals surface area contributed by atoms with E-state index < -0.39 is 0 Å². The molecule has 0 amide bonds. The molecule has 2 heterocycles. The molecule has 2 fully saturated rings. The van der Waals surface area contributed by atoms with Crippen LogP contribution in [0.15, 0.2) is 48.5 Å². The number of ether oxygens (including phenoxy) is 2. The molecule has 6 nitrogen and oxygen atoms in total. The van der Waals surface area contributed by atoms with Crippen LogP contribution in [0.4, 0.5) is 0 Å². The van der Waals surface area contributed by atoms with Crippen LogP contribution < -0.4 is 10.6 Å². The second-order valence-corrected chi connectivity index (χ2v) is 14.5. The van der Waals surface area contributed by atoms with Gasteiger partial charge in [-0.3, -0.25) is 0 Å². The lowest BCUT2D eigenvalue weighted by Gasteiger charge is -2.34. The van der Waals surface area contributed by atoms with E-state index in [1.165, 1.54) is 0 Å². The number of esters is 2. The van der Waals surface area contributed by atoms with E-state index in [9.17, 15) is 9.59 Å². The highest BCUT2D eigenvalue weighted by Crippen LogP contribution is 2.31. The normalized spacial score (nSPS) is 25.2. The lowest BCUT2D eigenvalue weighted by atomic mass is 9.96. The predicted molar refractivity (Wildman–Crippen MR) is 161 cm³/mol. The van der Waals surface area contributed by atoms with E-state index >= 15 is 0 Å². The first-order valence-corrected chi connectivity index (χ1v) is 14.7. The Morgan fingerprint density at radius 3 is 1.23 bits per heavy atom. The summed E-state index contributed by atoms with van der Waals surface area (Å²) < 4.78 is 11.9. The highest BCUT2D eigenvalue weighted by Gasteiger charge is 2.37. The molecule has 2 aliphatic heterocycles. The van der Waals surface area contributed by atoms with Crippen molar-refractivity contribution in [3.63, 3.8) is 0 Å². The largest absolute Gasteiger partial charge is 0.459 e.